The van der Waals surface area contributed by atoms with E-state index in [4.69, 9.17) is 15.3 Å². The molecule has 3 amide bonds. The molecule has 0 saturated heterocycles. The number of amides is 3. The molecule has 15 heteroatoms. The molecule has 8 N–H and O–H groups in total. The molecule has 0 aliphatic heterocycles. The van der Waals surface area contributed by atoms with Crippen LogP contribution in [0.2, 0.25) is 0 Å². The first-order valence-electron chi connectivity index (χ1n) is 10.2. The number of rotatable bonds is 17. The topological polar surface area (TPSA) is 249 Å². The minimum Gasteiger partial charge on any atom is -0.481 e. The van der Waals surface area contributed by atoms with Crippen LogP contribution in [0.3, 0.4) is 0 Å². The van der Waals surface area contributed by atoms with Crippen LogP contribution in [0, 0.1) is 0 Å². The highest BCUT2D eigenvalue weighted by Crippen LogP contribution is 2.06. The maximum absolute atomic E-state index is 12.7. The van der Waals surface area contributed by atoms with Gasteiger partial charge in [0.05, 0.1) is 6.04 Å². The Bertz CT molecular complexity index is 786. The fourth-order valence-corrected chi connectivity index (χ4v) is 2.57. The van der Waals surface area contributed by atoms with Crippen LogP contribution in [0.15, 0.2) is 0 Å². The highest BCUT2D eigenvalue weighted by atomic mass is 16.4. The summed E-state index contributed by atoms with van der Waals surface area (Å²) in [6, 6.07) is -5.30. The van der Waals surface area contributed by atoms with E-state index in [2.05, 4.69) is 21.3 Å². The number of aliphatic carboxylic acids is 4. The zero-order valence-corrected chi connectivity index (χ0v) is 18.7. The number of carbonyl (C=O) groups is 7. The van der Waals surface area contributed by atoms with E-state index >= 15 is 0 Å². The van der Waals surface area contributed by atoms with Crippen molar-refractivity contribution in [1.29, 1.82) is 0 Å². The Morgan fingerprint density at radius 2 is 0.912 bits per heavy atom. The van der Waals surface area contributed by atoms with Crippen molar-refractivity contribution in [2.75, 3.05) is 7.05 Å². The normalized spacial score (nSPS) is 14.1. The van der Waals surface area contributed by atoms with Crippen molar-refractivity contribution < 1.29 is 54.0 Å². The summed E-state index contributed by atoms with van der Waals surface area (Å²) in [5.41, 5.74) is 0. The zero-order chi connectivity index (χ0) is 26.4. The average Bonchev–Trinajstić information content (AvgIpc) is 2.74. The molecular weight excluding hydrogens is 460 g/mol. The molecule has 192 valence electrons. The standard InChI is InChI=1S/C19H30N4O11/c1-9(20-2)16(30)21-10(3-6-13(24)25)17(31)22-11(4-7-14(26)27)18(32)23-12(19(33)34)5-8-15(28)29/h9-12,20H,3-8H2,1-2H3,(H,21,30)(H,22,31)(H,23,32)(H,24,25)(H,26,27)(H,28,29)(H,33,34)/t9-,10-,11-,12-/m0/s1. The quantitative estimate of drug-likeness (QED) is 0.107. The number of carbonyl (C=O) groups excluding carboxylic acids is 3. The third kappa shape index (κ3) is 12.3. The lowest BCUT2D eigenvalue weighted by Gasteiger charge is -2.24. The van der Waals surface area contributed by atoms with Gasteiger partial charge in [0, 0.05) is 19.3 Å². The number of nitrogens with one attached hydrogen (secondary N) is 4. The van der Waals surface area contributed by atoms with Crippen LogP contribution in [0.4, 0.5) is 0 Å². The Kier molecular flexibility index (Phi) is 13.5. The van der Waals surface area contributed by atoms with Gasteiger partial charge in [-0.3, -0.25) is 28.8 Å². The summed E-state index contributed by atoms with van der Waals surface area (Å²) in [6.07, 6.45) is -2.92. The number of hydrogen-bond acceptors (Lipinski definition) is 8. The van der Waals surface area contributed by atoms with Gasteiger partial charge in [-0.15, -0.1) is 0 Å². The van der Waals surface area contributed by atoms with E-state index < -0.39 is 97.9 Å². The number of carboxylic acid groups (broad SMARTS) is 4. The average molecular weight is 490 g/mol. The van der Waals surface area contributed by atoms with Gasteiger partial charge in [-0.1, -0.05) is 0 Å². The summed E-state index contributed by atoms with van der Waals surface area (Å²) in [4.78, 5) is 81.4. The molecule has 0 unspecified atom stereocenters. The third-order valence-electron chi connectivity index (χ3n) is 4.65. The first-order valence-corrected chi connectivity index (χ1v) is 10.2. The van der Waals surface area contributed by atoms with Gasteiger partial charge >= 0.3 is 23.9 Å². The lowest BCUT2D eigenvalue weighted by Crippen LogP contribution is -2.57. The number of hydrogen-bond donors (Lipinski definition) is 8. The zero-order valence-electron chi connectivity index (χ0n) is 18.7. The molecule has 0 aromatic carbocycles. The molecule has 0 rings (SSSR count). The Balaban J connectivity index is 5.59. The van der Waals surface area contributed by atoms with E-state index in [0.29, 0.717) is 0 Å². The molecule has 0 heterocycles. The van der Waals surface area contributed by atoms with E-state index in [1.54, 1.807) is 0 Å². The Hall–Kier alpha value is -3.75. The number of carboxylic acids is 4. The van der Waals surface area contributed by atoms with Gasteiger partial charge in [0.1, 0.15) is 18.1 Å². The van der Waals surface area contributed by atoms with E-state index in [-0.39, 0.29) is 6.42 Å². The second-order valence-electron chi connectivity index (χ2n) is 7.33. The molecule has 0 spiro atoms. The van der Waals surface area contributed by atoms with Crippen LogP contribution in [0.25, 0.3) is 0 Å². The monoisotopic (exact) mass is 490 g/mol. The Morgan fingerprint density at radius 3 is 1.24 bits per heavy atom. The second kappa shape index (κ2) is 15.2. The van der Waals surface area contributed by atoms with Crippen molar-refractivity contribution in [3.63, 3.8) is 0 Å². The minimum atomic E-state index is -1.62. The highest BCUT2D eigenvalue weighted by Gasteiger charge is 2.30. The predicted octanol–water partition coefficient (Wildman–Crippen LogP) is -2.27. The van der Waals surface area contributed by atoms with Crippen LogP contribution >= 0.6 is 0 Å². The molecule has 0 aliphatic carbocycles. The number of likely N-dealkylation sites (N-methyl/N-ethyl adjacent to an activating group) is 1. The summed E-state index contributed by atoms with van der Waals surface area (Å²) in [5.74, 6) is -8.11. The Morgan fingerprint density at radius 1 is 0.588 bits per heavy atom. The Labute approximate surface area is 194 Å². The molecule has 0 saturated carbocycles. The van der Waals surface area contributed by atoms with E-state index in [9.17, 15) is 38.7 Å². The van der Waals surface area contributed by atoms with Crippen molar-refractivity contribution >= 4 is 41.6 Å². The van der Waals surface area contributed by atoms with E-state index in [1.165, 1.54) is 14.0 Å². The molecule has 15 nitrogen and oxygen atoms in total. The van der Waals surface area contributed by atoms with Gasteiger partial charge in [0.25, 0.3) is 0 Å². The molecule has 0 aromatic heterocycles. The van der Waals surface area contributed by atoms with E-state index in [1.807, 2.05) is 0 Å². The van der Waals surface area contributed by atoms with Gasteiger partial charge in [0.15, 0.2) is 0 Å². The first-order chi connectivity index (χ1) is 15.8. The predicted molar refractivity (Wildman–Crippen MR) is 113 cm³/mol. The van der Waals surface area contributed by atoms with Gasteiger partial charge in [-0.2, -0.15) is 0 Å². The molecule has 0 aliphatic rings. The first kappa shape index (κ1) is 30.2. The highest BCUT2D eigenvalue weighted by molar-refractivity contribution is 5.94. The van der Waals surface area contributed by atoms with Gasteiger partial charge in [0.2, 0.25) is 17.7 Å². The van der Waals surface area contributed by atoms with Crippen molar-refractivity contribution in [3.8, 4) is 0 Å². The fraction of sp³-hybridized carbons (Fsp3) is 0.632. The summed E-state index contributed by atoms with van der Waals surface area (Å²) < 4.78 is 0. The molecule has 0 radical (unpaired) electrons. The van der Waals surface area contributed by atoms with Crippen LogP contribution < -0.4 is 21.3 Å². The molecule has 4 atom stereocenters. The minimum absolute atomic E-state index is 0.340. The van der Waals surface area contributed by atoms with Crippen molar-refractivity contribution in [3.05, 3.63) is 0 Å². The molecular formula is C19H30N4O11. The maximum atomic E-state index is 12.7. The summed E-state index contributed by atoms with van der Waals surface area (Å²) in [6.45, 7) is 1.48. The van der Waals surface area contributed by atoms with Gasteiger partial charge in [-0.25, -0.2) is 4.79 Å². The fourth-order valence-electron chi connectivity index (χ4n) is 2.57. The van der Waals surface area contributed by atoms with Crippen molar-refractivity contribution in [2.45, 2.75) is 69.6 Å². The van der Waals surface area contributed by atoms with Crippen LogP contribution in [-0.2, 0) is 33.6 Å². The molecule has 0 fully saturated rings. The van der Waals surface area contributed by atoms with Crippen LogP contribution in [-0.4, -0.2) is 93.2 Å². The SMILES string of the molecule is CN[C@@H](C)C(=O)N[C@@H](CCC(=O)O)C(=O)N[C@@H](CCC(=O)O)C(=O)N[C@@H](CCC(=O)O)C(=O)O. The maximum Gasteiger partial charge on any atom is 0.326 e. The smallest absolute Gasteiger partial charge is 0.326 e. The van der Waals surface area contributed by atoms with Gasteiger partial charge in [-0.05, 0) is 33.2 Å². The largest absolute Gasteiger partial charge is 0.481 e. The lowest BCUT2D eigenvalue weighted by molar-refractivity contribution is -0.144. The third-order valence-corrected chi connectivity index (χ3v) is 4.65. The molecule has 0 aromatic rings. The van der Waals surface area contributed by atoms with Crippen molar-refractivity contribution in [1.82, 2.24) is 21.3 Å². The molecule has 0 bridgehead atoms. The second-order valence-corrected chi connectivity index (χ2v) is 7.33. The summed E-state index contributed by atoms with van der Waals surface area (Å²) >= 11 is 0. The summed E-state index contributed by atoms with van der Waals surface area (Å²) in [7, 11) is 1.48. The molecule has 34 heavy (non-hydrogen) atoms. The van der Waals surface area contributed by atoms with Crippen LogP contribution in [0.1, 0.15) is 45.4 Å². The van der Waals surface area contributed by atoms with Gasteiger partial charge < -0.3 is 41.7 Å². The lowest BCUT2D eigenvalue weighted by atomic mass is 10.1. The summed E-state index contributed by atoms with van der Waals surface area (Å²) in [5, 5.41) is 45.0. The van der Waals surface area contributed by atoms with Crippen molar-refractivity contribution in [2.24, 2.45) is 0 Å². The van der Waals surface area contributed by atoms with Crippen LogP contribution in [0.5, 0.6) is 0 Å². The van der Waals surface area contributed by atoms with E-state index in [0.717, 1.165) is 0 Å².